The van der Waals surface area contributed by atoms with Gasteiger partial charge in [0.05, 0.1) is 25.4 Å². The van der Waals surface area contributed by atoms with Crippen LogP contribution < -0.4 is 5.32 Å². The number of allylic oxidation sites excluding steroid dienone is 1. The van der Waals surface area contributed by atoms with Gasteiger partial charge >= 0.3 is 5.97 Å². The molecular formula is C49H95NO5. The van der Waals surface area contributed by atoms with Gasteiger partial charge < -0.3 is 20.3 Å². The fourth-order valence-electron chi connectivity index (χ4n) is 7.51. The van der Waals surface area contributed by atoms with Crippen LogP contribution in [0.3, 0.4) is 0 Å². The van der Waals surface area contributed by atoms with Crippen molar-refractivity contribution in [3.8, 4) is 0 Å². The molecule has 3 N–H and O–H groups in total. The zero-order valence-corrected chi connectivity index (χ0v) is 36.9. The van der Waals surface area contributed by atoms with Crippen LogP contribution in [0.2, 0.25) is 0 Å². The molecule has 0 aliphatic carbocycles. The highest BCUT2D eigenvalue weighted by Gasteiger charge is 2.18. The largest absolute Gasteiger partial charge is 0.466 e. The highest BCUT2D eigenvalue weighted by molar-refractivity contribution is 5.76. The van der Waals surface area contributed by atoms with Gasteiger partial charge in [-0.05, 0) is 32.1 Å². The van der Waals surface area contributed by atoms with E-state index in [0.29, 0.717) is 19.4 Å². The SMILES string of the molecule is CCCCCCCCCCCC/C=C/C(O)C(CO)NC(=O)CCCCCCCCCCCCCCOC(=O)CCCCCCCCCCCCCCCC. The second-order valence-electron chi connectivity index (χ2n) is 16.8. The molecule has 0 bridgehead atoms. The van der Waals surface area contributed by atoms with Crippen molar-refractivity contribution in [2.45, 2.75) is 276 Å². The van der Waals surface area contributed by atoms with Crippen molar-refractivity contribution in [1.29, 1.82) is 0 Å². The standard InChI is InChI=1S/C49H95NO5/c1-3-5-7-9-11-13-15-17-18-23-27-31-35-39-43-49(54)55-44-40-36-32-28-24-20-19-22-26-30-34-38-42-48(53)50-46(45-51)47(52)41-37-33-29-25-21-16-14-12-10-8-6-4-2/h37,41,46-47,51-52H,3-36,38-40,42-45H2,1-2H3,(H,50,53)/b41-37+. The molecule has 0 heterocycles. The minimum Gasteiger partial charge on any atom is -0.466 e. The van der Waals surface area contributed by atoms with Crippen LogP contribution in [0.25, 0.3) is 0 Å². The number of aliphatic hydroxyl groups is 2. The topological polar surface area (TPSA) is 95.9 Å². The van der Waals surface area contributed by atoms with Crippen molar-refractivity contribution < 1.29 is 24.5 Å². The summed E-state index contributed by atoms with van der Waals surface area (Å²) >= 11 is 0. The van der Waals surface area contributed by atoms with E-state index in [9.17, 15) is 19.8 Å². The van der Waals surface area contributed by atoms with Crippen molar-refractivity contribution in [2.24, 2.45) is 0 Å². The maximum atomic E-state index is 12.4. The molecule has 0 spiro atoms. The lowest BCUT2D eigenvalue weighted by Crippen LogP contribution is -2.45. The fourth-order valence-corrected chi connectivity index (χ4v) is 7.51. The second-order valence-corrected chi connectivity index (χ2v) is 16.8. The number of carbonyl (C=O) groups is 2. The number of hydrogen-bond acceptors (Lipinski definition) is 5. The molecule has 0 aromatic heterocycles. The van der Waals surface area contributed by atoms with Crippen molar-refractivity contribution in [3.63, 3.8) is 0 Å². The summed E-state index contributed by atoms with van der Waals surface area (Å²) in [4.78, 5) is 24.4. The number of nitrogens with one attached hydrogen (secondary N) is 1. The van der Waals surface area contributed by atoms with Crippen molar-refractivity contribution >= 4 is 11.9 Å². The molecular weight excluding hydrogens is 683 g/mol. The van der Waals surface area contributed by atoms with Gasteiger partial charge in [-0.3, -0.25) is 9.59 Å². The van der Waals surface area contributed by atoms with Crippen molar-refractivity contribution in [1.82, 2.24) is 5.32 Å². The average Bonchev–Trinajstić information content (AvgIpc) is 3.18. The van der Waals surface area contributed by atoms with E-state index in [-0.39, 0.29) is 18.5 Å². The molecule has 2 atom stereocenters. The molecule has 6 heteroatoms. The number of hydrogen-bond donors (Lipinski definition) is 3. The summed E-state index contributed by atoms with van der Waals surface area (Å²) in [5.74, 6) is -0.0926. The van der Waals surface area contributed by atoms with Gasteiger partial charge in [0.2, 0.25) is 5.91 Å². The van der Waals surface area contributed by atoms with Crippen molar-refractivity contribution in [2.75, 3.05) is 13.2 Å². The highest BCUT2D eigenvalue weighted by atomic mass is 16.5. The van der Waals surface area contributed by atoms with Crippen LogP contribution in [0.15, 0.2) is 12.2 Å². The predicted molar refractivity (Wildman–Crippen MR) is 237 cm³/mol. The van der Waals surface area contributed by atoms with E-state index >= 15 is 0 Å². The molecule has 0 saturated carbocycles. The summed E-state index contributed by atoms with van der Waals surface area (Å²) in [6, 6.07) is -0.637. The zero-order chi connectivity index (χ0) is 40.1. The van der Waals surface area contributed by atoms with Crippen LogP contribution >= 0.6 is 0 Å². The van der Waals surface area contributed by atoms with Gasteiger partial charge in [0.15, 0.2) is 0 Å². The third-order valence-corrected chi connectivity index (χ3v) is 11.3. The molecule has 0 fully saturated rings. The second kappa shape index (κ2) is 45.3. The minimum absolute atomic E-state index is 0.00885. The maximum Gasteiger partial charge on any atom is 0.305 e. The van der Waals surface area contributed by atoms with Gasteiger partial charge in [0.25, 0.3) is 0 Å². The Morgan fingerprint density at radius 2 is 0.836 bits per heavy atom. The van der Waals surface area contributed by atoms with Crippen LogP contribution in [-0.4, -0.2) is 47.4 Å². The van der Waals surface area contributed by atoms with E-state index in [2.05, 4.69) is 19.2 Å². The fraction of sp³-hybridized carbons (Fsp3) is 0.918. The van der Waals surface area contributed by atoms with Crippen LogP contribution in [0.1, 0.15) is 264 Å². The molecule has 0 aromatic carbocycles. The summed E-state index contributed by atoms with van der Waals surface area (Å²) in [6.07, 6.45) is 50.6. The maximum absolute atomic E-state index is 12.4. The van der Waals surface area contributed by atoms with Gasteiger partial charge in [-0.1, -0.05) is 231 Å². The van der Waals surface area contributed by atoms with E-state index in [4.69, 9.17) is 4.74 Å². The smallest absolute Gasteiger partial charge is 0.305 e. The quantitative estimate of drug-likeness (QED) is 0.0325. The van der Waals surface area contributed by atoms with E-state index in [1.165, 1.54) is 180 Å². The van der Waals surface area contributed by atoms with Crippen molar-refractivity contribution in [3.05, 3.63) is 12.2 Å². The molecule has 0 aliphatic heterocycles. The third kappa shape index (κ3) is 42.0. The van der Waals surface area contributed by atoms with Gasteiger partial charge in [-0.15, -0.1) is 0 Å². The molecule has 326 valence electrons. The zero-order valence-electron chi connectivity index (χ0n) is 36.9. The number of aliphatic hydroxyl groups excluding tert-OH is 2. The lowest BCUT2D eigenvalue weighted by atomic mass is 10.0. The molecule has 55 heavy (non-hydrogen) atoms. The Morgan fingerprint density at radius 3 is 1.24 bits per heavy atom. The molecule has 0 saturated heterocycles. The Kier molecular flexibility index (Phi) is 44.2. The molecule has 6 nitrogen and oxygen atoms in total. The highest BCUT2D eigenvalue weighted by Crippen LogP contribution is 2.16. The van der Waals surface area contributed by atoms with Gasteiger partial charge in [0, 0.05) is 12.8 Å². The van der Waals surface area contributed by atoms with Crippen LogP contribution in [0.5, 0.6) is 0 Å². The number of amides is 1. The van der Waals surface area contributed by atoms with E-state index in [0.717, 1.165) is 57.8 Å². The molecule has 2 unspecified atom stereocenters. The Morgan fingerprint density at radius 1 is 0.491 bits per heavy atom. The van der Waals surface area contributed by atoms with Crippen LogP contribution in [-0.2, 0) is 14.3 Å². The van der Waals surface area contributed by atoms with E-state index in [1.807, 2.05) is 6.08 Å². The summed E-state index contributed by atoms with van der Waals surface area (Å²) in [6.45, 7) is 4.86. The Bertz CT molecular complexity index is 817. The Labute approximate surface area is 342 Å². The van der Waals surface area contributed by atoms with Gasteiger partial charge in [-0.25, -0.2) is 0 Å². The molecule has 0 aromatic rings. The number of carbonyl (C=O) groups excluding carboxylic acids is 2. The molecule has 0 rings (SSSR count). The van der Waals surface area contributed by atoms with Gasteiger partial charge in [0.1, 0.15) is 0 Å². The summed E-state index contributed by atoms with van der Waals surface area (Å²) in [5, 5.41) is 23.0. The normalized spacial score (nSPS) is 12.7. The first-order chi connectivity index (χ1) is 27.0. The van der Waals surface area contributed by atoms with E-state index in [1.54, 1.807) is 6.08 Å². The molecule has 1 amide bonds. The first-order valence-electron chi connectivity index (χ1n) is 24.5. The number of rotatable bonds is 45. The Balaban J connectivity index is 3.47. The summed E-state index contributed by atoms with van der Waals surface area (Å²) < 4.78 is 5.45. The van der Waals surface area contributed by atoms with Crippen LogP contribution in [0, 0.1) is 0 Å². The minimum atomic E-state index is -0.852. The lowest BCUT2D eigenvalue weighted by Gasteiger charge is -2.20. The third-order valence-electron chi connectivity index (χ3n) is 11.3. The monoisotopic (exact) mass is 778 g/mol. The number of ether oxygens (including phenoxy) is 1. The first-order valence-corrected chi connectivity index (χ1v) is 24.5. The van der Waals surface area contributed by atoms with Crippen LogP contribution in [0.4, 0.5) is 0 Å². The number of esters is 1. The molecule has 0 radical (unpaired) electrons. The summed E-state index contributed by atoms with van der Waals surface area (Å²) in [5.41, 5.74) is 0. The Hall–Kier alpha value is -1.40. The lowest BCUT2D eigenvalue weighted by molar-refractivity contribution is -0.143. The predicted octanol–water partition coefficient (Wildman–Crippen LogP) is 14.2. The van der Waals surface area contributed by atoms with Gasteiger partial charge in [-0.2, -0.15) is 0 Å². The molecule has 0 aliphatic rings. The average molecular weight is 778 g/mol. The number of unbranched alkanes of at least 4 members (excludes halogenated alkanes) is 34. The summed E-state index contributed by atoms with van der Waals surface area (Å²) in [7, 11) is 0. The van der Waals surface area contributed by atoms with E-state index < -0.39 is 12.1 Å². The first kappa shape index (κ1) is 53.6.